The zero-order valence-electron chi connectivity index (χ0n) is 11.6. The van der Waals surface area contributed by atoms with Crippen molar-refractivity contribution in [3.8, 4) is 11.5 Å². The second-order valence-corrected chi connectivity index (χ2v) is 4.80. The number of nitrogens with one attached hydrogen (secondary N) is 2. The third-order valence-electron chi connectivity index (χ3n) is 2.56. The molecule has 2 aromatic carbocycles. The highest BCUT2D eigenvalue weighted by atomic mass is 35.5. The molecule has 3 N–H and O–H groups in total. The number of esters is 1. The second kappa shape index (κ2) is 6.82. The fraction of sp³-hybridized carbons (Fsp3) is 0.0667. The predicted molar refractivity (Wildman–Crippen MR) is 83.5 cm³/mol. The Morgan fingerprint density at radius 3 is 2.64 bits per heavy atom. The number of benzene rings is 2. The van der Waals surface area contributed by atoms with Gasteiger partial charge in [-0.15, -0.1) is 0 Å². The van der Waals surface area contributed by atoms with Crippen LogP contribution in [0.25, 0.3) is 0 Å². The highest BCUT2D eigenvalue weighted by Gasteiger charge is 2.08. The number of phenols is 1. The third kappa shape index (κ3) is 4.39. The van der Waals surface area contributed by atoms with Gasteiger partial charge in [0, 0.05) is 23.7 Å². The summed E-state index contributed by atoms with van der Waals surface area (Å²) in [6, 6.07) is 10.1. The molecule has 0 aromatic heterocycles. The van der Waals surface area contributed by atoms with Gasteiger partial charge in [0.15, 0.2) is 0 Å². The highest BCUT2D eigenvalue weighted by molar-refractivity contribution is 6.31. The number of hydrogen-bond donors (Lipinski definition) is 3. The lowest BCUT2D eigenvalue weighted by atomic mass is 10.3. The van der Waals surface area contributed by atoms with Gasteiger partial charge in [-0.1, -0.05) is 17.7 Å². The number of rotatable bonds is 3. The number of carbonyl (C=O) groups excluding carboxylic acids is 2. The van der Waals surface area contributed by atoms with E-state index in [-0.39, 0.29) is 11.4 Å². The Balaban J connectivity index is 2.05. The molecule has 0 saturated heterocycles. The van der Waals surface area contributed by atoms with Gasteiger partial charge in [-0.3, -0.25) is 4.79 Å². The van der Waals surface area contributed by atoms with Crippen molar-refractivity contribution >= 4 is 35.0 Å². The fourth-order valence-electron chi connectivity index (χ4n) is 1.70. The molecule has 0 bridgehead atoms. The molecular weight excluding hydrogens is 308 g/mol. The zero-order valence-corrected chi connectivity index (χ0v) is 12.3. The minimum atomic E-state index is -0.572. The largest absolute Gasteiger partial charge is 0.506 e. The molecule has 6 nitrogen and oxygen atoms in total. The van der Waals surface area contributed by atoms with Crippen molar-refractivity contribution in [2.45, 2.75) is 6.92 Å². The molecule has 22 heavy (non-hydrogen) atoms. The van der Waals surface area contributed by atoms with E-state index in [0.717, 1.165) is 0 Å². The molecule has 2 rings (SSSR count). The standard InChI is InChI=1S/C15H13ClN2O4/c1-9(19)22-12-4-2-3-11(8-12)17-15(21)18-13-7-10(16)5-6-14(13)20/h2-8,20H,1H3,(H2,17,18,21). The highest BCUT2D eigenvalue weighted by Crippen LogP contribution is 2.26. The summed E-state index contributed by atoms with van der Waals surface area (Å²) in [6.07, 6.45) is 0. The zero-order chi connectivity index (χ0) is 16.1. The van der Waals surface area contributed by atoms with Crippen LogP contribution in [-0.2, 0) is 4.79 Å². The fourth-order valence-corrected chi connectivity index (χ4v) is 1.87. The molecule has 2 aromatic rings. The van der Waals surface area contributed by atoms with Crippen molar-refractivity contribution in [3.05, 3.63) is 47.5 Å². The summed E-state index contributed by atoms with van der Waals surface area (Å²) in [7, 11) is 0. The Morgan fingerprint density at radius 2 is 1.91 bits per heavy atom. The van der Waals surface area contributed by atoms with Gasteiger partial charge >= 0.3 is 12.0 Å². The predicted octanol–water partition coefficient (Wildman–Crippen LogP) is 3.61. The van der Waals surface area contributed by atoms with E-state index < -0.39 is 12.0 Å². The van der Waals surface area contributed by atoms with Crippen molar-refractivity contribution < 1.29 is 19.4 Å². The normalized spacial score (nSPS) is 9.91. The Labute approximate surface area is 131 Å². The lowest BCUT2D eigenvalue weighted by Crippen LogP contribution is -2.19. The van der Waals surface area contributed by atoms with Gasteiger partial charge in [0.1, 0.15) is 11.5 Å². The minimum absolute atomic E-state index is 0.104. The van der Waals surface area contributed by atoms with E-state index in [1.165, 1.54) is 31.2 Å². The quantitative estimate of drug-likeness (QED) is 0.458. The van der Waals surface area contributed by atoms with E-state index in [4.69, 9.17) is 16.3 Å². The van der Waals surface area contributed by atoms with Gasteiger partial charge in [0.2, 0.25) is 0 Å². The number of aromatic hydroxyl groups is 1. The van der Waals surface area contributed by atoms with Gasteiger partial charge in [0.25, 0.3) is 0 Å². The first-order valence-corrected chi connectivity index (χ1v) is 6.67. The van der Waals surface area contributed by atoms with Crippen molar-refractivity contribution in [1.82, 2.24) is 0 Å². The molecule has 0 atom stereocenters. The molecule has 0 fully saturated rings. The van der Waals surface area contributed by atoms with Crippen molar-refractivity contribution in [2.75, 3.05) is 10.6 Å². The maximum atomic E-state index is 11.9. The summed E-state index contributed by atoms with van der Waals surface area (Å²) in [6.45, 7) is 1.29. The average molecular weight is 321 g/mol. The smallest absolute Gasteiger partial charge is 0.323 e. The van der Waals surface area contributed by atoms with Crippen LogP contribution in [0, 0.1) is 0 Å². The summed E-state index contributed by atoms with van der Waals surface area (Å²) in [4.78, 5) is 22.8. The monoisotopic (exact) mass is 320 g/mol. The van der Waals surface area contributed by atoms with E-state index in [2.05, 4.69) is 10.6 Å². The molecule has 0 radical (unpaired) electrons. The maximum absolute atomic E-state index is 11.9. The summed E-state index contributed by atoms with van der Waals surface area (Å²) >= 11 is 5.80. The SMILES string of the molecule is CC(=O)Oc1cccc(NC(=O)Nc2cc(Cl)ccc2O)c1. The number of hydrogen-bond acceptors (Lipinski definition) is 4. The average Bonchev–Trinajstić information content (AvgIpc) is 2.42. The van der Waals surface area contributed by atoms with Crippen LogP contribution in [0.5, 0.6) is 11.5 Å². The Bertz CT molecular complexity index is 718. The number of urea groups is 1. The molecule has 0 aliphatic carbocycles. The van der Waals surface area contributed by atoms with Crippen LogP contribution < -0.4 is 15.4 Å². The van der Waals surface area contributed by atoms with Crippen molar-refractivity contribution in [3.63, 3.8) is 0 Å². The first-order chi connectivity index (χ1) is 10.4. The van der Waals surface area contributed by atoms with Crippen LogP contribution in [0.4, 0.5) is 16.2 Å². The van der Waals surface area contributed by atoms with Crippen molar-refractivity contribution in [1.29, 1.82) is 0 Å². The van der Waals surface area contributed by atoms with Gasteiger partial charge < -0.3 is 20.5 Å². The molecule has 7 heteroatoms. The van der Waals surface area contributed by atoms with E-state index in [0.29, 0.717) is 16.5 Å². The second-order valence-electron chi connectivity index (χ2n) is 4.36. The van der Waals surface area contributed by atoms with Gasteiger partial charge in [0.05, 0.1) is 5.69 Å². The summed E-state index contributed by atoms with van der Waals surface area (Å²) in [5.74, 6) is -0.241. The Kier molecular flexibility index (Phi) is 4.85. The maximum Gasteiger partial charge on any atom is 0.323 e. The van der Waals surface area contributed by atoms with E-state index in [9.17, 15) is 14.7 Å². The number of halogens is 1. The lowest BCUT2D eigenvalue weighted by Gasteiger charge is -2.10. The van der Waals surface area contributed by atoms with Crippen molar-refractivity contribution in [2.24, 2.45) is 0 Å². The Hall–Kier alpha value is -2.73. The minimum Gasteiger partial charge on any atom is -0.506 e. The number of phenolic OH excluding ortho intramolecular Hbond substituents is 1. The van der Waals surface area contributed by atoms with Crippen LogP contribution in [0.2, 0.25) is 5.02 Å². The van der Waals surface area contributed by atoms with E-state index >= 15 is 0 Å². The molecule has 2 amide bonds. The van der Waals surface area contributed by atoms with Crippen LogP contribution in [0.1, 0.15) is 6.92 Å². The molecular formula is C15H13ClN2O4. The molecule has 0 unspecified atom stereocenters. The summed E-state index contributed by atoms with van der Waals surface area (Å²) in [5.41, 5.74) is 0.610. The third-order valence-corrected chi connectivity index (χ3v) is 2.80. The molecule has 0 saturated carbocycles. The molecule has 0 spiro atoms. The van der Waals surface area contributed by atoms with Gasteiger partial charge in [-0.25, -0.2) is 4.79 Å². The van der Waals surface area contributed by atoms with Crippen LogP contribution >= 0.6 is 11.6 Å². The summed E-state index contributed by atoms with van der Waals surface area (Å²) in [5, 5.41) is 15.0. The molecule has 0 aliphatic rings. The van der Waals surface area contributed by atoms with Crippen LogP contribution in [-0.4, -0.2) is 17.1 Å². The van der Waals surface area contributed by atoms with E-state index in [1.54, 1.807) is 18.2 Å². The van der Waals surface area contributed by atoms with Gasteiger partial charge in [-0.2, -0.15) is 0 Å². The first kappa shape index (κ1) is 15.7. The lowest BCUT2D eigenvalue weighted by molar-refractivity contribution is -0.131. The summed E-state index contributed by atoms with van der Waals surface area (Å²) < 4.78 is 4.92. The van der Waals surface area contributed by atoms with Gasteiger partial charge in [-0.05, 0) is 30.3 Å². The topological polar surface area (TPSA) is 87.7 Å². The van der Waals surface area contributed by atoms with Crippen LogP contribution in [0.3, 0.4) is 0 Å². The number of amides is 2. The number of carbonyl (C=O) groups is 2. The number of ether oxygens (including phenoxy) is 1. The van der Waals surface area contributed by atoms with Crippen LogP contribution in [0.15, 0.2) is 42.5 Å². The Morgan fingerprint density at radius 1 is 1.14 bits per heavy atom. The molecule has 0 heterocycles. The first-order valence-electron chi connectivity index (χ1n) is 6.29. The molecule has 114 valence electrons. The number of anilines is 2. The molecule has 0 aliphatic heterocycles. The van der Waals surface area contributed by atoms with E-state index in [1.807, 2.05) is 0 Å².